The molecule has 2 rings (SSSR count). The summed E-state index contributed by atoms with van der Waals surface area (Å²) in [6.45, 7) is 0. The molecule has 0 saturated carbocycles. The number of esters is 1. The van der Waals surface area contributed by atoms with Crippen LogP contribution in [0.25, 0.3) is 0 Å². The second kappa shape index (κ2) is 5.28. The molecule has 0 amide bonds. The predicted molar refractivity (Wildman–Crippen MR) is 57.6 cm³/mol. The predicted octanol–water partition coefficient (Wildman–Crippen LogP) is 3.60. The Morgan fingerprint density at radius 2 is 1.20 bits per heavy atom. The zero-order valence-electron chi connectivity index (χ0n) is 9.59. The van der Waals surface area contributed by atoms with E-state index in [0.717, 1.165) is 0 Å². The van der Waals surface area contributed by atoms with E-state index in [4.69, 9.17) is 0 Å². The van der Waals surface area contributed by atoms with Crippen molar-refractivity contribution < 1.29 is 31.5 Å². The third-order valence-corrected chi connectivity index (χ3v) is 2.37. The van der Waals surface area contributed by atoms with Crippen molar-refractivity contribution in [3.63, 3.8) is 0 Å². The highest BCUT2D eigenvalue weighted by atomic mass is 19.2. The van der Waals surface area contributed by atoms with Crippen molar-refractivity contribution in [2.75, 3.05) is 0 Å². The molecule has 0 N–H and O–H groups in total. The van der Waals surface area contributed by atoms with Crippen molar-refractivity contribution in [2.45, 2.75) is 0 Å². The number of rotatable bonds is 2. The van der Waals surface area contributed by atoms with Gasteiger partial charge in [0, 0.05) is 0 Å². The number of carbonyl (C=O) groups excluding carboxylic acids is 1. The van der Waals surface area contributed by atoms with Crippen molar-refractivity contribution in [3.8, 4) is 5.75 Å². The minimum absolute atomic E-state index is 0.101. The van der Waals surface area contributed by atoms with Crippen LogP contribution >= 0.6 is 0 Å². The lowest BCUT2D eigenvalue weighted by atomic mass is 10.2. The highest BCUT2D eigenvalue weighted by Crippen LogP contribution is 2.29. The summed E-state index contributed by atoms with van der Waals surface area (Å²) in [6, 6.07) is 6.96. The Bertz CT molecular complexity index is 641. The van der Waals surface area contributed by atoms with Crippen molar-refractivity contribution in [1.29, 1.82) is 0 Å². The molecule has 0 heterocycles. The van der Waals surface area contributed by atoms with Gasteiger partial charge in [0.2, 0.25) is 34.8 Å². The lowest BCUT2D eigenvalue weighted by molar-refractivity contribution is 0.0716. The Morgan fingerprint density at radius 3 is 1.70 bits per heavy atom. The highest BCUT2D eigenvalue weighted by Gasteiger charge is 2.28. The van der Waals surface area contributed by atoms with E-state index in [9.17, 15) is 26.7 Å². The monoisotopic (exact) mass is 288 g/mol. The lowest BCUT2D eigenvalue weighted by Crippen LogP contribution is -2.13. The molecule has 104 valence electrons. The van der Waals surface area contributed by atoms with Gasteiger partial charge in [-0.1, -0.05) is 18.2 Å². The molecule has 0 aliphatic heterocycles. The van der Waals surface area contributed by atoms with Gasteiger partial charge in [-0.05, 0) is 12.1 Å². The number of ether oxygens (including phenoxy) is 1. The molecular weight excluding hydrogens is 283 g/mol. The van der Waals surface area contributed by atoms with Gasteiger partial charge in [0.15, 0.2) is 0 Å². The zero-order chi connectivity index (χ0) is 14.9. The normalized spacial score (nSPS) is 10.4. The number of hydrogen-bond acceptors (Lipinski definition) is 2. The van der Waals surface area contributed by atoms with Gasteiger partial charge in [0.25, 0.3) is 0 Å². The molecule has 0 saturated heterocycles. The van der Waals surface area contributed by atoms with Crippen LogP contribution in [0.4, 0.5) is 22.0 Å². The van der Waals surface area contributed by atoms with Crippen LogP contribution in [0.2, 0.25) is 0 Å². The maximum absolute atomic E-state index is 13.3. The van der Waals surface area contributed by atoms with Crippen LogP contribution in [0.15, 0.2) is 30.3 Å². The molecule has 20 heavy (non-hydrogen) atoms. The number of benzene rings is 2. The van der Waals surface area contributed by atoms with Crippen LogP contribution in [0.1, 0.15) is 10.4 Å². The Kier molecular flexibility index (Phi) is 3.69. The average Bonchev–Trinajstić information content (AvgIpc) is 2.48. The zero-order valence-corrected chi connectivity index (χ0v) is 9.59. The summed E-state index contributed by atoms with van der Waals surface area (Å²) in [5.41, 5.74) is -0.101. The Labute approximate surface area is 109 Å². The highest BCUT2D eigenvalue weighted by molar-refractivity contribution is 5.91. The standard InChI is InChI=1S/C13H5F5O2/c14-7-8(15)10(17)12(11(18)9(7)16)20-13(19)6-4-2-1-3-5-6/h1-5H. The SMILES string of the molecule is O=C(Oc1c(F)c(F)c(F)c(F)c1F)c1ccccc1. The van der Waals surface area contributed by atoms with Crippen molar-refractivity contribution in [3.05, 3.63) is 65.0 Å². The minimum atomic E-state index is -2.32. The minimum Gasteiger partial charge on any atom is -0.416 e. The van der Waals surface area contributed by atoms with Gasteiger partial charge >= 0.3 is 5.97 Å². The fourth-order valence-electron chi connectivity index (χ4n) is 1.40. The fraction of sp³-hybridized carbons (Fsp3) is 0. The summed E-state index contributed by atoms with van der Waals surface area (Å²) < 4.78 is 69.4. The largest absolute Gasteiger partial charge is 0.416 e. The molecule has 0 aliphatic rings. The first-order chi connectivity index (χ1) is 9.43. The molecule has 0 bridgehead atoms. The second-order valence-corrected chi connectivity index (χ2v) is 3.65. The van der Waals surface area contributed by atoms with Gasteiger partial charge in [-0.15, -0.1) is 0 Å². The van der Waals surface area contributed by atoms with Crippen LogP contribution < -0.4 is 4.74 Å². The van der Waals surface area contributed by atoms with Crippen LogP contribution in [-0.2, 0) is 0 Å². The van der Waals surface area contributed by atoms with Crippen molar-refractivity contribution in [1.82, 2.24) is 0 Å². The molecule has 0 atom stereocenters. The smallest absolute Gasteiger partial charge is 0.343 e. The molecule has 0 unspecified atom stereocenters. The molecule has 2 aromatic carbocycles. The van der Waals surface area contributed by atoms with E-state index in [2.05, 4.69) is 4.74 Å². The average molecular weight is 288 g/mol. The first kappa shape index (κ1) is 14.0. The molecule has 0 radical (unpaired) electrons. The molecular formula is C13H5F5O2. The number of halogens is 5. The Morgan fingerprint density at radius 1 is 0.750 bits per heavy atom. The summed E-state index contributed by atoms with van der Waals surface area (Å²) in [4.78, 5) is 11.5. The van der Waals surface area contributed by atoms with Gasteiger partial charge in [-0.25, -0.2) is 18.0 Å². The Hall–Kier alpha value is -2.44. The fourth-order valence-corrected chi connectivity index (χ4v) is 1.40. The van der Waals surface area contributed by atoms with E-state index < -0.39 is 40.8 Å². The van der Waals surface area contributed by atoms with Crippen LogP contribution in [-0.4, -0.2) is 5.97 Å². The van der Waals surface area contributed by atoms with Crippen molar-refractivity contribution >= 4 is 5.97 Å². The summed E-state index contributed by atoms with van der Waals surface area (Å²) in [7, 11) is 0. The maximum Gasteiger partial charge on any atom is 0.343 e. The van der Waals surface area contributed by atoms with Gasteiger partial charge in [0.05, 0.1) is 5.56 Å². The molecule has 2 nitrogen and oxygen atoms in total. The third kappa shape index (κ3) is 2.34. The number of hydrogen-bond donors (Lipinski definition) is 0. The van der Waals surface area contributed by atoms with E-state index >= 15 is 0 Å². The van der Waals surface area contributed by atoms with E-state index in [-0.39, 0.29) is 5.56 Å². The van der Waals surface area contributed by atoms with E-state index in [0.29, 0.717) is 0 Å². The van der Waals surface area contributed by atoms with Gasteiger partial charge in [-0.3, -0.25) is 0 Å². The van der Waals surface area contributed by atoms with Gasteiger partial charge in [0.1, 0.15) is 0 Å². The molecule has 7 heteroatoms. The topological polar surface area (TPSA) is 26.3 Å². The van der Waals surface area contributed by atoms with Crippen LogP contribution in [0.5, 0.6) is 5.75 Å². The van der Waals surface area contributed by atoms with E-state index in [1.165, 1.54) is 24.3 Å². The summed E-state index contributed by atoms with van der Waals surface area (Å²) in [5.74, 6) is -14.0. The summed E-state index contributed by atoms with van der Waals surface area (Å²) in [5, 5.41) is 0. The Balaban J connectivity index is 2.43. The van der Waals surface area contributed by atoms with Gasteiger partial charge < -0.3 is 4.74 Å². The molecule has 0 aliphatic carbocycles. The third-order valence-electron chi connectivity index (χ3n) is 2.37. The molecule has 0 fully saturated rings. The quantitative estimate of drug-likeness (QED) is 0.277. The van der Waals surface area contributed by atoms with Crippen LogP contribution in [0.3, 0.4) is 0 Å². The number of carbonyl (C=O) groups is 1. The first-order valence-corrected chi connectivity index (χ1v) is 5.22. The second-order valence-electron chi connectivity index (χ2n) is 3.65. The molecule has 2 aromatic rings. The summed E-state index contributed by atoms with van der Waals surface area (Å²) >= 11 is 0. The lowest BCUT2D eigenvalue weighted by Gasteiger charge is -2.08. The maximum atomic E-state index is 13.3. The summed E-state index contributed by atoms with van der Waals surface area (Å²) in [6.07, 6.45) is 0. The van der Waals surface area contributed by atoms with Crippen molar-refractivity contribution in [2.24, 2.45) is 0 Å². The van der Waals surface area contributed by atoms with Crippen LogP contribution in [0, 0.1) is 29.1 Å². The van der Waals surface area contributed by atoms with E-state index in [1.54, 1.807) is 6.07 Å². The molecule has 0 aromatic heterocycles. The molecule has 0 spiro atoms. The van der Waals surface area contributed by atoms with Gasteiger partial charge in [-0.2, -0.15) is 8.78 Å². The first-order valence-electron chi connectivity index (χ1n) is 5.22. The van der Waals surface area contributed by atoms with E-state index in [1.807, 2.05) is 0 Å².